The lowest BCUT2D eigenvalue weighted by Crippen LogP contribution is -2.22. The van der Waals surface area contributed by atoms with Crippen molar-refractivity contribution in [3.05, 3.63) is 71.6 Å². The minimum absolute atomic E-state index is 0.00120. The van der Waals surface area contributed by atoms with Crippen LogP contribution in [-0.2, 0) is 12.6 Å². The molecule has 0 spiro atoms. The predicted molar refractivity (Wildman–Crippen MR) is 105 cm³/mol. The van der Waals surface area contributed by atoms with Crippen molar-refractivity contribution in [2.75, 3.05) is 0 Å². The van der Waals surface area contributed by atoms with Crippen LogP contribution in [0.15, 0.2) is 48.8 Å². The Morgan fingerprint density at radius 1 is 0.656 bits per heavy atom. The molecule has 0 saturated heterocycles. The quantitative estimate of drug-likeness (QED) is 0.371. The Labute approximate surface area is 179 Å². The van der Waals surface area contributed by atoms with Crippen LogP contribution >= 0.6 is 0 Å². The van der Waals surface area contributed by atoms with Crippen molar-refractivity contribution in [2.45, 2.75) is 40.3 Å². The normalized spacial score (nSPS) is 12.1. The molecule has 0 radical (unpaired) electrons. The number of aromatic nitrogens is 6. The Morgan fingerprint density at radius 3 is 1.59 bits per heavy atom. The van der Waals surface area contributed by atoms with Gasteiger partial charge in [-0.25, -0.2) is 0 Å². The fourth-order valence-electron chi connectivity index (χ4n) is 3.30. The van der Waals surface area contributed by atoms with Crippen LogP contribution in [0.4, 0.5) is 26.3 Å². The van der Waals surface area contributed by atoms with Crippen LogP contribution in [0.25, 0.3) is 11.6 Å². The lowest BCUT2D eigenvalue weighted by Gasteiger charge is -2.14. The minimum atomic E-state index is -4.50. The van der Waals surface area contributed by atoms with Gasteiger partial charge in [-0.1, -0.05) is 0 Å². The Balaban J connectivity index is 0.000000181. The third-order valence-corrected chi connectivity index (χ3v) is 4.70. The molecule has 0 N–H and O–H groups in total. The SMILES string of the molecule is Cc1ccc(C)n1-c1ccn(C(F)(F)F)n1.Cc1ccc(C)n1-c1ccnn1C(F)(F)F. The Morgan fingerprint density at radius 2 is 1.16 bits per heavy atom. The van der Waals surface area contributed by atoms with Gasteiger partial charge < -0.3 is 9.13 Å². The molecule has 0 atom stereocenters. The lowest BCUT2D eigenvalue weighted by atomic mass is 10.5. The highest BCUT2D eigenvalue weighted by Gasteiger charge is 2.34. The van der Waals surface area contributed by atoms with E-state index in [-0.39, 0.29) is 21.0 Å². The predicted octanol–water partition coefficient (Wildman–Crippen LogP) is 5.53. The highest BCUT2D eigenvalue weighted by molar-refractivity contribution is 5.32. The average molecular weight is 458 g/mol. The molecule has 4 aromatic rings. The molecule has 0 aliphatic carbocycles. The molecule has 172 valence electrons. The first-order valence-electron chi connectivity index (χ1n) is 9.35. The summed E-state index contributed by atoms with van der Waals surface area (Å²) in [6.45, 7) is 7.14. The second-order valence-corrected chi connectivity index (χ2v) is 7.06. The Kier molecular flexibility index (Phi) is 5.98. The zero-order valence-corrected chi connectivity index (χ0v) is 17.6. The van der Waals surface area contributed by atoms with E-state index in [2.05, 4.69) is 10.2 Å². The highest BCUT2D eigenvalue weighted by Crippen LogP contribution is 2.27. The van der Waals surface area contributed by atoms with E-state index in [0.717, 1.165) is 35.2 Å². The number of aryl methyl sites for hydroxylation is 4. The molecule has 6 nitrogen and oxygen atoms in total. The van der Waals surface area contributed by atoms with Gasteiger partial charge in [-0.2, -0.15) is 14.5 Å². The topological polar surface area (TPSA) is 45.5 Å². The number of alkyl halides is 6. The van der Waals surface area contributed by atoms with Crippen LogP contribution in [0.3, 0.4) is 0 Å². The summed E-state index contributed by atoms with van der Waals surface area (Å²) in [6, 6.07) is 9.89. The van der Waals surface area contributed by atoms with Crippen molar-refractivity contribution in [3.63, 3.8) is 0 Å². The number of hydrogen-bond donors (Lipinski definition) is 0. The van der Waals surface area contributed by atoms with Gasteiger partial charge in [0.2, 0.25) is 0 Å². The standard InChI is InChI=1S/2C10H10F3N3/c1-7-3-4-8(2)16(7)9-5-6-15(14-9)10(11,12)13;1-7-3-4-8(2)15(7)9-5-6-14-16(9)10(11,12)13/h2*3-6H,1-2H3. The fraction of sp³-hybridized carbons (Fsp3) is 0.300. The van der Waals surface area contributed by atoms with Crippen molar-refractivity contribution >= 4 is 0 Å². The summed E-state index contributed by atoms with van der Waals surface area (Å²) in [5.74, 6) is 0.282. The van der Waals surface area contributed by atoms with Crippen LogP contribution < -0.4 is 0 Å². The first-order chi connectivity index (χ1) is 14.8. The van der Waals surface area contributed by atoms with Crippen LogP contribution in [0.2, 0.25) is 0 Å². The molecule has 4 aromatic heterocycles. The van der Waals surface area contributed by atoms with Crippen molar-refractivity contribution in [1.82, 2.24) is 28.7 Å². The van der Waals surface area contributed by atoms with Crippen molar-refractivity contribution in [2.24, 2.45) is 0 Å². The van der Waals surface area contributed by atoms with E-state index in [1.54, 1.807) is 30.5 Å². The molecule has 32 heavy (non-hydrogen) atoms. The molecule has 4 heterocycles. The number of hydrogen-bond acceptors (Lipinski definition) is 2. The average Bonchev–Trinajstić information content (AvgIpc) is 3.43. The van der Waals surface area contributed by atoms with Gasteiger partial charge in [-0.05, 0) is 52.0 Å². The van der Waals surface area contributed by atoms with E-state index >= 15 is 0 Å². The Hall–Kier alpha value is -3.44. The molecule has 4 rings (SSSR count). The summed E-state index contributed by atoms with van der Waals surface area (Å²) in [4.78, 5) is 0. The van der Waals surface area contributed by atoms with E-state index < -0.39 is 12.6 Å². The summed E-state index contributed by atoms with van der Waals surface area (Å²) in [7, 11) is 0. The van der Waals surface area contributed by atoms with Crippen LogP contribution in [0.1, 0.15) is 22.8 Å². The van der Waals surface area contributed by atoms with Crippen LogP contribution in [0, 0.1) is 27.7 Å². The van der Waals surface area contributed by atoms with Crippen molar-refractivity contribution in [3.8, 4) is 11.6 Å². The molecule has 0 amide bonds. The maximum atomic E-state index is 12.6. The van der Waals surface area contributed by atoms with E-state index in [1.165, 1.54) is 16.7 Å². The van der Waals surface area contributed by atoms with Gasteiger partial charge >= 0.3 is 12.6 Å². The van der Waals surface area contributed by atoms with E-state index in [1.807, 2.05) is 26.0 Å². The van der Waals surface area contributed by atoms with E-state index in [0.29, 0.717) is 0 Å². The van der Waals surface area contributed by atoms with Crippen molar-refractivity contribution < 1.29 is 26.3 Å². The van der Waals surface area contributed by atoms with Gasteiger partial charge in [0.05, 0.1) is 6.20 Å². The Bertz CT molecular complexity index is 1170. The molecule has 12 heteroatoms. The number of nitrogens with zero attached hydrogens (tertiary/aromatic N) is 6. The van der Waals surface area contributed by atoms with Gasteiger partial charge in [0, 0.05) is 41.1 Å². The molecule has 0 unspecified atom stereocenters. The summed E-state index contributed by atoms with van der Waals surface area (Å²) in [5, 5.41) is 6.80. The van der Waals surface area contributed by atoms with Crippen LogP contribution in [0.5, 0.6) is 0 Å². The summed E-state index contributed by atoms with van der Waals surface area (Å²) < 4.78 is 78.1. The van der Waals surface area contributed by atoms with Gasteiger partial charge in [0.1, 0.15) is 5.82 Å². The monoisotopic (exact) mass is 458 g/mol. The first-order valence-corrected chi connectivity index (χ1v) is 9.35. The summed E-state index contributed by atoms with van der Waals surface area (Å²) in [5.41, 5.74) is 3.18. The molecular formula is C20H20F6N6. The first kappa shape index (κ1) is 23.2. The molecule has 0 aliphatic rings. The van der Waals surface area contributed by atoms with E-state index in [4.69, 9.17) is 0 Å². The molecule has 0 aromatic carbocycles. The third kappa shape index (κ3) is 4.58. The van der Waals surface area contributed by atoms with E-state index in [9.17, 15) is 26.3 Å². The molecule has 0 fully saturated rings. The van der Waals surface area contributed by atoms with Gasteiger partial charge in [0.25, 0.3) is 0 Å². The van der Waals surface area contributed by atoms with Crippen molar-refractivity contribution in [1.29, 1.82) is 0 Å². The molecule has 0 bridgehead atoms. The maximum Gasteiger partial charge on any atom is 0.506 e. The molecule has 0 saturated carbocycles. The lowest BCUT2D eigenvalue weighted by molar-refractivity contribution is -0.212. The smallest absolute Gasteiger partial charge is 0.303 e. The molecule has 0 aliphatic heterocycles. The third-order valence-electron chi connectivity index (χ3n) is 4.70. The highest BCUT2D eigenvalue weighted by atomic mass is 19.4. The maximum absolute atomic E-state index is 12.6. The second-order valence-electron chi connectivity index (χ2n) is 7.06. The summed E-state index contributed by atoms with van der Waals surface area (Å²) in [6.07, 6.45) is -6.91. The number of halogens is 6. The zero-order chi connectivity index (χ0) is 23.8. The minimum Gasteiger partial charge on any atom is -0.303 e. The summed E-state index contributed by atoms with van der Waals surface area (Å²) >= 11 is 0. The largest absolute Gasteiger partial charge is 0.506 e. The fourth-order valence-corrected chi connectivity index (χ4v) is 3.30. The second kappa shape index (κ2) is 8.24. The van der Waals surface area contributed by atoms with Gasteiger partial charge in [-0.3, -0.25) is 0 Å². The number of rotatable bonds is 2. The van der Waals surface area contributed by atoms with Crippen LogP contribution in [-0.4, -0.2) is 28.7 Å². The van der Waals surface area contributed by atoms with Gasteiger partial charge in [0.15, 0.2) is 5.82 Å². The van der Waals surface area contributed by atoms with Gasteiger partial charge in [-0.15, -0.1) is 31.4 Å². The molecular weight excluding hydrogens is 438 g/mol. The zero-order valence-electron chi connectivity index (χ0n) is 17.6.